The minimum atomic E-state index is 0.759. The fourth-order valence-electron chi connectivity index (χ4n) is 12.5. The zero-order valence-electron chi connectivity index (χ0n) is 41.8. The molecule has 0 unspecified atom stereocenters. The number of furan rings is 2. The molecule has 0 atom stereocenters. The van der Waals surface area contributed by atoms with Gasteiger partial charge in [-0.1, -0.05) is 158 Å². The predicted octanol–water partition coefficient (Wildman–Crippen LogP) is 20.5. The number of nitrogens with zero attached hydrogens (tertiary/aromatic N) is 2. The summed E-state index contributed by atoms with van der Waals surface area (Å²) >= 11 is 0. The summed E-state index contributed by atoms with van der Waals surface area (Å²) in [7, 11) is 0. The molecule has 0 amide bonds. The number of rotatable bonds is 4. The lowest BCUT2D eigenvalue weighted by Gasteiger charge is -2.18. The average Bonchev–Trinajstić information content (AvgIpc) is 4.22. The first kappa shape index (κ1) is 42.8. The van der Waals surface area contributed by atoms with E-state index >= 15 is 0 Å². The fraction of sp³-hybridized carbons (Fsp3) is 0. The zero-order valence-corrected chi connectivity index (χ0v) is 41.8. The number of fused-ring (bicyclic) bond motifs is 18. The van der Waals surface area contributed by atoms with Crippen LogP contribution in [0, 0.1) is 0 Å². The van der Waals surface area contributed by atoms with E-state index in [4.69, 9.17) is 17.7 Å². The molecule has 0 saturated heterocycles. The highest BCUT2D eigenvalue weighted by Crippen LogP contribution is 2.45. The molecule has 0 aliphatic heterocycles. The number of para-hydroxylation sites is 10. The van der Waals surface area contributed by atoms with Crippen LogP contribution in [-0.4, -0.2) is 9.13 Å². The Kier molecular flexibility index (Phi) is 9.03. The van der Waals surface area contributed by atoms with E-state index < -0.39 is 0 Å². The van der Waals surface area contributed by atoms with E-state index in [1.165, 1.54) is 0 Å². The Morgan fingerprint density at radius 2 is 0.577 bits per heavy atom. The van der Waals surface area contributed by atoms with E-state index in [-0.39, 0.29) is 0 Å². The molecule has 364 valence electrons. The predicted molar refractivity (Wildman–Crippen MR) is 322 cm³/mol. The molecule has 13 aromatic carbocycles. The Balaban J connectivity index is 1.10. The Morgan fingerprint density at radius 3 is 1.04 bits per heavy atom. The maximum Gasteiger partial charge on any atom is 0.152 e. The quantitative estimate of drug-likeness (QED) is 0.165. The topological polar surface area (TPSA) is 62.4 Å². The highest BCUT2D eigenvalue weighted by molar-refractivity contribution is 6.29. The molecule has 0 aliphatic carbocycles. The molecule has 0 spiro atoms. The number of aromatic nitrogens is 2. The van der Waals surface area contributed by atoms with E-state index in [9.17, 15) is 0 Å². The Bertz CT molecular complexity index is 5110. The monoisotopic (exact) mass is 998 g/mol. The van der Waals surface area contributed by atoms with Crippen LogP contribution < -0.4 is 0 Å². The normalized spacial score (nSPS) is 12.1. The molecule has 0 saturated carbocycles. The van der Waals surface area contributed by atoms with Crippen LogP contribution in [0.1, 0.15) is 0 Å². The third-order valence-corrected chi connectivity index (χ3v) is 16.0. The molecule has 0 aliphatic rings. The lowest BCUT2D eigenvalue weighted by atomic mass is 9.90. The summed E-state index contributed by atoms with van der Waals surface area (Å²) in [5.41, 5.74) is 16.5. The van der Waals surface area contributed by atoms with E-state index in [1.54, 1.807) is 0 Å². The molecule has 0 fully saturated rings. The van der Waals surface area contributed by atoms with Crippen LogP contribution in [0.5, 0.6) is 0 Å². The molecule has 0 bridgehead atoms. The molecule has 78 heavy (non-hydrogen) atoms. The van der Waals surface area contributed by atoms with Gasteiger partial charge in [-0.3, -0.25) is 0 Å². The second-order valence-corrected chi connectivity index (χ2v) is 20.3. The maximum absolute atomic E-state index is 7.06. The minimum absolute atomic E-state index is 0.759. The maximum atomic E-state index is 7.06. The first-order valence-electron chi connectivity index (χ1n) is 26.4. The Labute approximate surface area is 444 Å². The van der Waals surface area contributed by atoms with Crippen molar-refractivity contribution in [2.75, 3.05) is 0 Å². The lowest BCUT2D eigenvalue weighted by molar-refractivity contribution is 0.653. The molecule has 17 aromatic rings. The van der Waals surface area contributed by atoms with Gasteiger partial charge in [0.25, 0.3) is 0 Å². The van der Waals surface area contributed by atoms with Crippen molar-refractivity contribution in [2.45, 2.75) is 0 Å². The number of hydrogen-bond donors (Lipinski definition) is 0. The second-order valence-electron chi connectivity index (χ2n) is 20.3. The molecule has 4 aromatic heterocycles. The third-order valence-electron chi connectivity index (χ3n) is 16.0. The highest BCUT2D eigenvalue weighted by atomic mass is 16.3. The van der Waals surface area contributed by atoms with Crippen LogP contribution in [0.25, 0.3) is 165 Å². The van der Waals surface area contributed by atoms with Crippen LogP contribution in [0.4, 0.5) is 0 Å². The van der Waals surface area contributed by atoms with Crippen molar-refractivity contribution in [1.29, 1.82) is 0 Å². The molecule has 0 radical (unpaired) electrons. The van der Waals surface area contributed by atoms with Gasteiger partial charge < -0.3 is 26.8 Å². The summed E-state index contributed by atoms with van der Waals surface area (Å²) in [5, 5.41) is 12.8. The third kappa shape index (κ3) is 6.31. The van der Waals surface area contributed by atoms with Crippen LogP contribution >= 0.6 is 0 Å². The molecular formula is C72H42N2O4. The van der Waals surface area contributed by atoms with Crippen LogP contribution in [0.15, 0.2) is 272 Å². The van der Waals surface area contributed by atoms with Crippen molar-refractivity contribution in [1.82, 2.24) is 9.13 Å². The van der Waals surface area contributed by atoms with E-state index in [0.29, 0.717) is 0 Å². The Morgan fingerprint density at radius 1 is 0.205 bits per heavy atom. The van der Waals surface area contributed by atoms with Gasteiger partial charge in [0.1, 0.15) is 22.3 Å². The van der Waals surface area contributed by atoms with E-state index in [0.717, 1.165) is 165 Å². The van der Waals surface area contributed by atoms with Gasteiger partial charge in [-0.05, 0) is 151 Å². The van der Waals surface area contributed by atoms with Gasteiger partial charge in [-0.15, -0.1) is 0 Å². The van der Waals surface area contributed by atoms with Gasteiger partial charge in [-0.25, -0.2) is 0 Å². The molecule has 4 heterocycles. The highest BCUT2D eigenvalue weighted by Gasteiger charge is 2.21. The van der Waals surface area contributed by atoms with Gasteiger partial charge in [0, 0.05) is 44.0 Å². The molecular weight excluding hydrogens is 957 g/mol. The van der Waals surface area contributed by atoms with Gasteiger partial charge in [-0.2, -0.15) is 0 Å². The molecule has 6 nitrogen and oxygen atoms in total. The summed E-state index contributed by atoms with van der Waals surface area (Å²) < 4.78 is 32.3. The number of hydrogen-bond acceptors (Lipinski definition) is 4. The number of benzene rings is 12. The van der Waals surface area contributed by atoms with Gasteiger partial charge >= 0.3 is 0 Å². The first-order chi connectivity index (χ1) is 38.7. The van der Waals surface area contributed by atoms with Crippen LogP contribution in [0.3, 0.4) is 0 Å². The first-order valence-corrected chi connectivity index (χ1v) is 26.4. The van der Waals surface area contributed by atoms with Crippen molar-refractivity contribution < 1.29 is 17.7 Å². The molecule has 6 heteroatoms. The van der Waals surface area contributed by atoms with Crippen molar-refractivity contribution in [3.63, 3.8) is 0 Å². The fourth-order valence-corrected chi connectivity index (χ4v) is 12.5. The largest absolute Gasteiger partial charge is 0.455 e. The molecule has 17 rings (SSSR count). The minimum Gasteiger partial charge on any atom is -0.455 e. The summed E-state index contributed by atoms with van der Waals surface area (Å²) in [6.45, 7) is 0. The average molecular weight is 999 g/mol. The zero-order chi connectivity index (χ0) is 51.0. The van der Waals surface area contributed by atoms with Crippen molar-refractivity contribution in [3.05, 3.63) is 255 Å². The van der Waals surface area contributed by atoms with Crippen molar-refractivity contribution in [2.24, 2.45) is 0 Å². The SMILES string of the molecule is c1ccc(-n2c3ccccc3oc3cc4c5ccc(-c6cccc7c6oc6ccccc67)cc5c5cc6c(cc5c5ccc(-c7cccc8c7oc7ccccc78)cc5c4cc32)oc2ccccc2n6-c2ccccc2)cc1. The van der Waals surface area contributed by atoms with Gasteiger partial charge in [0.2, 0.25) is 0 Å². The Hall–Kier alpha value is -10.6. The summed E-state index contributed by atoms with van der Waals surface area (Å²) in [5.74, 6) is 0. The molecule has 0 N–H and O–H groups in total. The smallest absolute Gasteiger partial charge is 0.152 e. The van der Waals surface area contributed by atoms with E-state index in [1.807, 2.05) is 24.3 Å². The summed E-state index contributed by atoms with van der Waals surface area (Å²) in [6, 6.07) is 90.4. The summed E-state index contributed by atoms with van der Waals surface area (Å²) in [4.78, 5) is 0. The van der Waals surface area contributed by atoms with Gasteiger partial charge in [0.15, 0.2) is 22.3 Å². The lowest BCUT2D eigenvalue weighted by Crippen LogP contribution is -2.00. The van der Waals surface area contributed by atoms with Crippen LogP contribution in [-0.2, 0) is 0 Å². The van der Waals surface area contributed by atoms with Crippen LogP contribution in [0.2, 0.25) is 0 Å². The van der Waals surface area contributed by atoms with Crippen molar-refractivity contribution >= 4 is 131 Å². The van der Waals surface area contributed by atoms with Gasteiger partial charge in [0.05, 0.1) is 22.1 Å². The summed E-state index contributed by atoms with van der Waals surface area (Å²) in [6.07, 6.45) is 0. The van der Waals surface area contributed by atoms with Crippen molar-refractivity contribution in [3.8, 4) is 33.6 Å². The standard InChI is InChI=1S/C72H42N2O4/c1-3-17-45(18-4-1)73-61-27-9-13-31-67(61)75-69-41-59-50-36-34-44(48-24-16-26-54-52-22-8-12-30-66(52)78-72(48)54)38-56(50)58-40-64-70(76-68-32-14-10-28-62(68)74(64)46-19-5-2-6-20-46)42-60(58)49-35-33-43(37-55(49)57(59)39-63(69)73)47-23-15-25-53-51-21-7-11-29-65(51)77-71(47)53/h1-42H. The van der Waals surface area contributed by atoms with E-state index in [2.05, 4.69) is 240 Å². The second kappa shape index (κ2) is 16.5.